The van der Waals surface area contributed by atoms with E-state index in [9.17, 15) is 8.42 Å². The van der Waals surface area contributed by atoms with Crippen LogP contribution in [0.2, 0.25) is 0 Å². The summed E-state index contributed by atoms with van der Waals surface area (Å²) in [5, 5.41) is 17.4. The van der Waals surface area contributed by atoms with Crippen molar-refractivity contribution in [3.63, 3.8) is 0 Å². The molecule has 0 saturated heterocycles. The Morgan fingerprint density at radius 2 is 2.13 bits per heavy atom. The summed E-state index contributed by atoms with van der Waals surface area (Å²) in [4.78, 5) is 1.05. The Hall–Kier alpha value is -1.15. The van der Waals surface area contributed by atoms with Gasteiger partial charge < -0.3 is 15.1 Å². The molecular weight excluding hydrogens is 222 g/mol. The maximum absolute atomic E-state index is 11.2. The van der Waals surface area contributed by atoms with Crippen LogP contribution >= 0.6 is 0 Å². The van der Waals surface area contributed by atoms with E-state index in [0.717, 1.165) is 0 Å². The second kappa shape index (κ2) is 4.58. The molecule has 0 aliphatic rings. The molecule has 0 fully saturated rings. The van der Waals surface area contributed by atoms with Crippen molar-refractivity contribution in [3.05, 3.63) is 23.8 Å². The summed E-state index contributed by atoms with van der Waals surface area (Å²) < 4.78 is 27.3. The molecule has 6 nitrogen and oxygen atoms in total. The van der Waals surface area contributed by atoms with Crippen molar-refractivity contribution in [2.24, 2.45) is 0 Å². The lowest BCUT2D eigenvalue weighted by Gasteiger charge is -2.08. The molecule has 0 aromatic heterocycles. The predicted molar refractivity (Wildman–Crippen MR) is 51.0 cm³/mol. The first-order valence-corrected chi connectivity index (χ1v) is 5.47. The number of methoxy groups -OCH3 is 1. The molecule has 84 valence electrons. The maximum atomic E-state index is 11.2. The molecule has 1 aromatic rings. The van der Waals surface area contributed by atoms with Crippen molar-refractivity contribution >= 4 is 10.0 Å². The van der Waals surface area contributed by atoms with Crippen molar-refractivity contribution < 1.29 is 23.5 Å². The number of sulfonamides is 1. The highest BCUT2D eigenvalue weighted by Gasteiger charge is 2.14. The zero-order valence-corrected chi connectivity index (χ0v) is 8.78. The first kappa shape index (κ1) is 11.9. The molecule has 7 heteroatoms. The molecule has 3 N–H and O–H groups in total. The van der Waals surface area contributed by atoms with E-state index in [1.165, 1.54) is 30.2 Å². The summed E-state index contributed by atoms with van der Waals surface area (Å²) in [7, 11) is -2.51. The van der Waals surface area contributed by atoms with Gasteiger partial charge in [0.05, 0.1) is 18.6 Å². The minimum atomic E-state index is -3.92. The smallest absolute Gasteiger partial charge is 0.262 e. The second-order valence-corrected chi connectivity index (χ2v) is 4.39. The molecule has 0 radical (unpaired) electrons. The van der Waals surface area contributed by atoms with Crippen LogP contribution in [0.25, 0.3) is 0 Å². The highest BCUT2D eigenvalue weighted by atomic mass is 32.2. The molecular formula is C8H11NO5S. The second-order valence-electron chi connectivity index (χ2n) is 2.73. The molecule has 0 aliphatic carbocycles. The lowest BCUT2D eigenvalue weighted by atomic mass is 10.2. The quantitative estimate of drug-likeness (QED) is 0.629. The maximum Gasteiger partial charge on any atom is 0.262 e. The van der Waals surface area contributed by atoms with E-state index in [0.29, 0.717) is 11.3 Å². The summed E-state index contributed by atoms with van der Waals surface area (Å²) in [6.07, 6.45) is 0. The van der Waals surface area contributed by atoms with Crippen molar-refractivity contribution in [1.82, 2.24) is 4.89 Å². The van der Waals surface area contributed by atoms with Gasteiger partial charge in [0.15, 0.2) is 0 Å². The zero-order chi connectivity index (χ0) is 11.5. The Labute approximate surface area is 87.1 Å². The van der Waals surface area contributed by atoms with E-state index in [1.807, 2.05) is 0 Å². The van der Waals surface area contributed by atoms with Crippen LogP contribution in [0, 0.1) is 0 Å². The van der Waals surface area contributed by atoms with E-state index in [4.69, 9.17) is 15.1 Å². The third kappa shape index (κ3) is 2.45. The summed E-state index contributed by atoms with van der Waals surface area (Å²) in [6.45, 7) is -0.349. The number of aliphatic hydroxyl groups is 1. The lowest BCUT2D eigenvalue weighted by Crippen LogP contribution is -2.19. The first-order chi connectivity index (χ1) is 7.05. The molecule has 0 heterocycles. The fourth-order valence-corrected chi connectivity index (χ4v) is 1.75. The van der Waals surface area contributed by atoms with Crippen LogP contribution in [0.4, 0.5) is 0 Å². The van der Waals surface area contributed by atoms with Gasteiger partial charge in [0.25, 0.3) is 10.0 Å². The highest BCUT2D eigenvalue weighted by molar-refractivity contribution is 7.89. The van der Waals surface area contributed by atoms with Gasteiger partial charge in [-0.25, -0.2) is 8.42 Å². The van der Waals surface area contributed by atoms with E-state index >= 15 is 0 Å². The highest BCUT2D eigenvalue weighted by Crippen LogP contribution is 2.21. The Kier molecular flexibility index (Phi) is 3.64. The van der Waals surface area contributed by atoms with Gasteiger partial charge in [-0.1, -0.05) is 4.89 Å². The van der Waals surface area contributed by atoms with Gasteiger partial charge in [-0.05, 0) is 18.2 Å². The zero-order valence-electron chi connectivity index (χ0n) is 7.97. The molecule has 0 unspecified atom stereocenters. The number of hydrogen-bond acceptors (Lipinski definition) is 5. The Bertz CT molecular complexity index is 442. The minimum absolute atomic E-state index is 0.144. The fraction of sp³-hybridized carbons (Fsp3) is 0.250. The van der Waals surface area contributed by atoms with E-state index in [2.05, 4.69) is 0 Å². The van der Waals surface area contributed by atoms with Gasteiger partial charge in [-0.3, -0.25) is 0 Å². The Balaban J connectivity index is 3.26. The molecule has 1 rings (SSSR count). The van der Waals surface area contributed by atoms with Crippen molar-refractivity contribution in [2.75, 3.05) is 7.11 Å². The van der Waals surface area contributed by atoms with Gasteiger partial charge >= 0.3 is 0 Å². The number of benzene rings is 1. The summed E-state index contributed by atoms with van der Waals surface area (Å²) in [6, 6.07) is 3.88. The van der Waals surface area contributed by atoms with E-state index in [-0.39, 0.29) is 11.5 Å². The van der Waals surface area contributed by atoms with Gasteiger partial charge in [-0.15, -0.1) is 0 Å². The lowest BCUT2D eigenvalue weighted by molar-refractivity contribution is 0.242. The average molecular weight is 233 g/mol. The number of hydrogen-bond donors (Lipinski definition) is 3. The molecule has 0 atom stereocenters. The third-order valence-electron chi connectivity index (χ3n) is 1.85. The van der Waals surface area contributed by atoms with Crippen LogP contribution in [0.5, 0.6) is 5.75 Å². The largest absolute Gasteiger partial charge is 0.496 e. The minimum Gasteiger partial charge on any atom is -0.496 e. The monoisotopic (exact) mass is 233 g/mol. The first-order valence-electron chi connectivity index (χ1n) is 3.99. The van der Waals surface area contributed by atoms with Gasteiger partial charge in [0.2, 0.25) is 0 Å². The van der Waals surface area contributed by atoms with Crippen LogP contribution in [-0.4, -0.2) is 25.8 Å². The van der Waals surface area contributed by atoms with Crippen LogP contribution in [0.15, 0.2) is 23.1 Å². The van der Waals surface area contributed by atoms with Crippen LogP contribution in [0.1, 0.15) is 5.56 Å². The molecule has 0 bridgehead atoms. The van der Waals surface area contributed by atoms with Crippen LogP contribution in [0.3, 0.4) is 0 Å². The van der Waals surface area contributed by atoms with Crippen molar-refractivity contribution in [3.8, 4) is 5.75 Å². The Morgan fingerprint density at radius 3 is 2.60 bits per heavy atom. The molecule has 0 aliphatic heterocycles. The topological polar surface area (TPSA) is 95.9 Å². The average Bonchev–Trinajstić information content (AvgIpc) is 2.28. The van der Waals surface area contributed by atoms with Gasteiger partial charge in [-0.2, -0.15) is 0 Å². The number of aliphatic hydroxyl groups excluding tert-OH is 1. The van der Waals surface area contributed by atoms with Crippen molar-refractivity contribution in [2.45, 2.75) is 11.5 Å². The van der Waals surface area contributed by atoms with Crippen LogP contribution < -0.4 is 9.62 Å². The predicted octanol–water partition coefficient (Wildman–Crippen LogP) is -0.145. The number of nitrogens with one attached hydrogen (secondary N) is 1. The third-order valence-corrected chi connectivity index (χ3v) is 2.97. The Morgan fingerprint density at radius 1 is 1.47 bits per heavy atom. The number of ether oxygens (including phenoxy) is 1. The van der Waals surface area contributed by atoms with Crippen LogP contribution in [-0.2, 0) is 16.6 Å². The molecule has 0 saturated carbocycles. The summed E-state index contributed by atoms with van der Waals surface area (Å²) >= 11 is 0. The summed E-state index contributed by atoms with van der Waals surface area (Å²) in [5.41, 5.74) is 0.328. The van der Waals surface area contributed by atoms with Crippen molar-refractivity contribution in [1.29, 1.82) is 0 Å². The molecule has 1 aromatic carbocycles. The fourth-order valence-electron chi connectivity index (χ4n) is 1.10. The summed E-state index contributed by atoms with van der Waals surface area (Å²) in [5.74, 6) is 0.384. The molecule has 0 spiro atoms. The molecule has 0 amide bonds. The molecule has 15 heavy (non-hydrogen) atoms. The van der Waals surface area contributed by atoms with E-state index < -0.39 is 10.0 Å². The van der Waals surface area contributed by atoms with Gasteiger partial charge in [0, 0.05) is 5.56 Å². The normalized spacial score (nSPS) is 11.4. The standard InChI is InChI=1S/C8H11NO5S/c1-14-8-3-2-7(4-6(8)5-10)15(12,13)9-11/h2-4,9-11H,5H2,1H3. The van der Waals surface area contributed by atoms with Gasteiger partial charge in [0.1, 0.15) is 5.75 Å². The SMILES string of the molecule is COc1ccc(S(=O)(=O)NO)cc1CO. The van der Waals surface area contributed by atoms with E-state index in [1.54, 1.807) is 0 Å². The number of rotatable bonds is 4.